The number of sulfonamides is 1. The maximum absolute atomic E-state index is 13.0. The van der Waals surface area contributed by atoms with Crippen LogP contribution in [0.4, 0.5) is 5.69 Å². The molecular weight excluding hydrogens is 428 g/mol. The van der Waals surface area contributed by atoms with Crippen LogP contribution in [-0.4, -0.2) is 21.6 Å². The lowest BCUT2D eigenvalue weighted by Crippen LogP contribution is -2.47. The second-order valence-electron chi connectivity index (χ2n) is 6.89. The van der Waals surface area contributed by atoms with Crippen molar-refractivity contribution in [2.45, 2.75) is 36.6 Å². The number of nitrogens with zero attached hydrogens (tertiary/aromatic N) is 1. The number of hydrogen-bond donors (Lipinski definition) is 1. The Balaban J connectivity index is 1.81. The van der Waals surface area contributed by atoms with Crippen molar-refractivity contribution >= 4 is 31.6 Å². The average molecular weight is 449 g/mol. The average Bonchev–Trinajstić information content (AvgIpc) is 2.98. The Labute approximate surface area is 168 Å². The summed E-state index contributed by atoms with van der Waals surface area (Å²) in [4.78, 5) is 3.04. The molecular formula is C20H21BrN2O3S. The molecule has 0 aromatic heterocycles. The highest BCUT2D eigenvalue weighted by atomic mass is 79.9. The zero-order chi connectivity index (χ0) is 19.2. The number of aryl methyl sites for hydroxylation is 1. The molecule has 2 aromatic carbocycles. The lowest BCUT2D eigenvalue weighted by atomic mass is 9.87. The van der Waals surface area contributed by atoms with Gasteiger partial charge in [0.05, 0.1) is 18.0 Å². The third-order valence-electron chi connectivity index (χ3n) is 5.20. The first-order chi connectivity index (χ1) is 12.9. The lowest BCUT2D eigenvalue weighted by molar-refractivity contribution is 0.414. The highest BCUT2D eigenvalue weighted by molar-refractivity contribution is 9.10. The Kier molecular flexibility index (Phi) is 4.78. The fourth-order valence-corrected chi connectivity index (χ4v) is 5.57. The highest BCUT2D eigenvalue weighted by Crippen LogP contribution is 2.52. The van der Waals surface area contributed by atoms with E-state index in [1.807, 2.05) is 19.1 Å². The Hall–Kier alpha value is -1.83. The molecule has 0 radical (unpaired) electrons. The Bertz CT molecular complexity index is 1000. The van der Waals surface area contributed by atoms with Crippen molar-refractivity contribution in [3.63, 3.8) is 0 Å². The number of halogens is 1. The molecule has 7 heteroatoms. The van der Waals surface area contributed by atoms with Crippen LogP contribution >= 0.6 is 15.9 Å². The van der Waals surface area contributed by atoms with Gasteiger partial charge in [-0.1, -0.05) is 45.8 Å². The number of ether oxygens (including phenoxy) is 1. The van der Waals surface area contributed by atoms with Crippen molar-refractivity contribution in [1.82, 2.24) is 4.83 Å². The maximum Gasteiger partial charge on any atom is 0.257 e. The quantitative estimate of drug-likeness (QED) is 0.708. The molecule has 1 aliphatic heterocycles. The number of nitrogens with one attached hydrogen (secondary N) is 1. The van der Waals surface area contributed by atoms with Crippen LogP contribution in [0.1, 0.15) is 29.9 Å². The molecule has 1 heterocycles. The van der Waals surface area contributed by atoms with Gasteiger partial charge in [0, 0.05) is 16.0 Å². The largest absolute Gasteiger partial charge is 0.495 e. The molecule has 0 amide bonds. The summed E-state index contributed by atoms with van der Waals surface area (Å²) in [5.41, 5.74) is 2.89. The maximum atomic E-state index is 13.0. The highest BCUT2D eigenvalue weighted by Gasteiger charge is 2.43. The minimum Gasteiger partial charge on any atom is -0.495 e. The molecule has 0 fully saturated rings. The number of benzene rings is 2. The first kappa shape index (κ1) is 18.5. The van der Waals surface area contributed by atoms with Gasteiger partial charge in [0.2, 0.25) is 0 Å². The smallest absolute Gasteiger partial charge is 0.257 e. The van der Waals surface area contributed by atoms with Gasteiger partial charge in [0.15, 0.2) is 0 Å². The first-order valence-electron chi connectivity index (χ1n) is 8.84. The second kappa shape index (κ2) is 6.96. The molecule has 0 saturated carbocycles. The number of anilines is 1. The molecule has 2 aliphatic rings. The fraction of sp³-hybridized carbons (Fsp3) is 0.300. The van der Waals surface area contributed by atoms with Crippen molar-refractivity contribution < 1.29 is 13.2 Å². The Morgan fingerprint density at radius 3 is 2.63 bits per heavy atom. The topological polar surface area (TPSA) is 58.6 Å². The van der Waals surface area contributed by atoms with Crippen LogP contribution < -0.4 is 14.6 Å². The molecule has 27 heavy (non-hydrogen) atoms. The van der Waals surface area contributed by atoms with E-state index in [2.05, 4.69) is 32.9 Å². The number of allylic oxidation sites excluding steroid dienone is 1. The summed E-state index contributed by atoms with van der Waals surface area (Å²) in [7, 11) is -2.12. The van der Waals surface area contributed by atoms with E-state index in [0.717, 1.165) is 34.1 Å². The van der Waals surface area contributed by atoms with Crippen molar-refractivity contribution in [2.75, 3.05) is 12.1 Å². The number of hydrogen-bond acceptors (Lipinski definition) is 4. The van der Waals surface area contributed by atoms with Crippen molar-refractivity contribution in [1.29, 1.82) is 0 Å². The predicted octanol–water partition coefficient (Wildman–Crippen LogP) is 4.28. The zero-order valence-electron chi connectivity index (χ0n) is 15.1. The number of hydrazine groups is 1. The van der Waals surface area contributed by atoms with Gasteiger partial charge in [0.1, 0.15) is 11.4 Å². The van der Waals surface area contributed by atoms with Gasteiger partial charge in [0.25, 0.3) is 10.0 Å². The van der Waals surface area contributed by atoms with E-state index < -0.39 is 10.0 Å². The predicted molar refractivity (Wildman–Crippen MR) is 110 cm³/mol. The first-order valence-corrected chi connectivity index (χ1v) is 11.1. The third-order valence-corrected chi connectivity index (χ3v) is 7.22. The Morgan fingerprint density at radius 2 is 1.93 bits per heavy atom. The van der Waals surface area contributed by atoms with Gasteiger partial charge < -0.3 is 4.74 Å². The van der Waals surface area contributed by atoms with Gasteiger partial charge in [-0.05, 0) is 44.0 Å². The van der Waals surface area contributed by atoms with Crippen LogP contribution in [0.5, 0.6) is 5.75 Å². The van der Waals surface area contributed by atoms with Crippen molar-refractivity contribution in [3.05, 3.63) is 64.1 Å². The van der Waals surface area contributed by atoms with E-state index in [1.54, 1.807) is 36.4 Å². The summed E-state index contributed by atoms with van der Waals surface area (Å²) in [6.45, 7) is 1.93. The monoisotopic (exact) mass is 448 g/mol. The minimum absolute atomic E-state index is 0.0819. The van der Waals surface area contributed by atoms with E-state index in [-0.39, 0.29) is 16.9 Å². The minimum atomic E-state index is -3.72. The van der Waals surface area contributed by atoms with Crippen LogP contribution in [-0.2, 0) is 10.0 Å². The van der Waals surface area contributed by atoms with Crippen LogP contribution in [0.3, 0.4) is 0 Å². The summed E-state index contributed by atoms with van der Waals surface area (Å²) >= 11 is 3.65. The molecule has 1 N–H and O–H groups in total. The number of rotatable bonds is 4. The van der Waals surface area contributed by atoms with Crippen LogP contribution in [0.25, 0.3) is 0 Å². The summed E-state index contributed by atoms with van der Waals surface area (Å²) < 4.78 is 32.6. The van der Waals surface area contributed by atoms with Crippen LogP contribution in [0, 0.1) is 6.92 Å². The molecule has 2 atom stereocenters. The molecule has 4 rings (SSSR count). The number of methoxy groups -OCH3 is 1. The molecule has 2 unspecified atom stereocenters. The zero-order valence-corrected chi connectivity index (χ0v) is 17.5. The standard InChI is InChI=1S/C20H21BrN2O3S/c1-13-7-9-14(10-8-13)27(24,25)22-23-17-6-4-3-5-15(17)19-16(21)11-12-18(26-2)20(19)23/h4,6-12,15,17,22H,3,5H2,1-2H3. The molecule has 142 valence electrons. The molecule has 0 spiro atoms. The van der Waals surface area contributed by atoms with Gasteiger partial charge in [-0.2, -0.15) is 0 Å². The molecule has 1 aliphatic carbocycles. The van der Waals surface area contributed by atoms with E-state index in [4.69, 9.17) is 4.74 Å². The lowest BCUT2D eigenvalue weighted by Gasteiger charge is -2.30. The van der Waals surface area contributed by atoms with E-state index in [1.165, 1.54) is 0 Å². The summed E-state index contributed by atoms with van der Waals surface area (Å²) in [6, 6.07) is 10.6. The van der Waals surface area contributed by atoms with Crippen molar-refractivity contribution in [3.8, 4) is 5.75 Å². The summed E-state index contributed by atoms with van der Waals surface area (Å²) in [6.07, 6.45) is 6.13. The molecule has 5 nitrogen and oxygen atoms in total. The Morgan fingerprint density at radius 1 is 1.19 bits per heavy atom. The van der Waals surface area contributed by atoms with Crippen LogP contribution in [0.15, 0.2) is 57.9 Å². The van der Waals surface area contributed by atoms with Gasteiger partial charge in [-0.3, -0.25) is 5.01 Å². The second-order valence-corrected chi connectivity index (χ2v) is 9.41. The third kappa shape index (κ3) is 3.17. The summed E-state index contributed by atoms with van der Waals surface area (Å²) in [5, 5.41) is 1.74. The van der Waals surface area contributed by atoms with E-state index >= 15 is 0 Å². The van der Waals surface area contributed by atoms with E-state index in [9.17, 15) is 8.42 Å². The SMILES string of the molecule is COc1ccc(Br)c2c1N(NS(=O)(=O)c1ccc(C)cc1)C1C=CCCC21. The van der Waals surface area contributed by atoms with Gasteiger partial charge in [-0.15, -0.1) is 4.83 Å². The summed E-state index contributed by atoms with van der Waals surface area (Å²) in [5.74, 6) is 0.859. The van der Waals surface area contributed by atoms with Crippen LogP contribution in [0.2, 0.25) is 0 Å². The van der Waals surface area contributed by atoms with Gasteiger partial charge >= 0.3 is 0 Å². The van der Waals surface area contributed by atoms with E-state index in [0.29, 0.717) is 5.75 Å². The molecule has 2 aromatic rings. The molecule has 0 bridgehead atoms. The fourth-order valence-electron chi connectivity index (χ4n) is 3.88. The number of fused-ring (bicyclic) bond motifs is 3. The molecule has 0 saturated heterocycles. The van der Waals surface area contributed by atoms with Gasteiger partial charge in [-0.25, -0.2) is 8.42 Å². The van der Waals surface area contributed by atoms with Crippen molar-refractivity contribution in [2.24, 2.45) is 0 Å². The normalized spacial score (nSPS) is 21.1.